The number of morpholine rings is 1. The van der Waals surface area contributed by atoms with Gasteiger partial charge in [-0.25, -0.2) is 9.50 Å². The van der Waals surface area contributed by atoms with Crippen LogP contribution >= 0.6 is 0 Å². The summed E-state index contributed by atoms with van der Waals surface area (Å²) < 4.78 is 7.31. The van der Waals surface area contributed by atoms with Crippen LogP contribution in [0.4, 0.5) is 5.69 Å². The fourth-order valence-electron chi connectivity index (χ4n) is 2.95. The van der Waals surface area contributed by atoms with Gasteiger partial charge in [-0.1, -0.05) is 0 Å². The van der Waals surface area contributed by atoms with E-state index in [0.717, 1.165) is 57.3 Å². The molecule has 2 aliphatic rings. The van der Waals surface area contributed by atoms with Crippen LogP contribution < -0.4 is 10.2 Å². The van der Waals surface area contributed by atoms with Crippen molar-refractivity contribution in [3.63, 3.8) is 0 Å². The first kappa shape index (κ1) is 12.1. The number of aromatic nitrogens is 3. The van der Waals surface area contributed by atoms with Crippen molar-refractivity contribution in [1.82, 2.24) is 19.9 Å². The molecular formula is C14H19N5O. The maximum atomic E-state index is 5.40. The summed E-state index contributed by atoms with van der Waals surface area (Å²) in [5.74, 6) is 1.43. The second-order valence-corrected chi connectivity index (χ2v) is 5.45. The Kier molecular flexibility index (Phi) is 3.05. The molecule has 0 aromatic carbocycles. The normalized spacial score (nSPS) is 23.6. The second kappa shape index (κ2) is 5.03. The predicted molar refractivity (Wildman–Crippen MR) is 76.2 cm³/mol. The number of hydrogen-bond donors (Lipinski definition) is 1. The number of pyridine rings is 1. The topological polar surface area (TPSA) is 54.7 Å². The maximum Gasteiger partial charge on any atom is 0.156 e. The van der Waals surface area contributed by atoms with Crippen molar-refractivity contribution < 1.29 is 4.74 Å². The Morgan fingerprint density at radius 3 is 2.95 bits per heavy atom. The zero-order valence-corrected chi connectivity index (χ0v) is 11.5. The van der Waals surface area contributed by atoms with Gasteiger partial charge < -0.3 is 15.0 Å². The third-order valence-electron chi connectivity index (χ3n) is 4.13. The molecule has 2 fully saturated rings. The van der Waals surface area contributed by atoms with Crippen LogP contribution in [0.1, 0.15) is 18.2 Å². The number of ether oxygens (including phenoxy) is 1. The number of fused-ring (bicyclic) bond motifs is 1. The number of anilines is 1. The van der Waals surface area contributed by atoms with E-state index in [1.807, 2.05) is 4.52 Å². The molecule has 6 nitrogen and oxygen atoms in total. The van der Waals surface area contributed by atoms with Crippen molar-refractivity contribution in [1.29, 1.82) is 0 Å². The van der Waals surface area contributed by atoms with Crippen LogP contribution in [0.3, 0.4) is 0 Å². The zero-order chi connectivity index (χ0) is 13.4. The molecule has 0 saturated carbocycles. The number of nitrogens with one attached hydrogen (secondary N) is 1. The lowest BCUT2D eigenvalue weighted by Crippen LogP contribution is -2.36. The summed E-state index contributed by atoms with van der Waals surface area (Å²) in [6.07, 6.45) is 3.22. The van der Waals surface area contributed by atoms with Gasteiger partial charge in [0.25, 0.3) is 0 Å². The molecule has 0 bridgehead atoms. The molecule has 0 amide bonds. The summed E-state index contributed by atoms with van der Waals surface area (Å²) in [7, 11) is 0. The van der Waals surface area contributed by atoms with E-state index in [1.165, 1.54) is 5.69 Å². The van der Waals surface area contributed by atoms with E-state index in [9.17, 15) is 0 Å². The molecular weight excluding hydrogens is 254 g/mol. The highest BCUT2D eigenvalue weighted by Gasteiger charge is 2.21. The van der Waals surface area contributed by atoms with Gasteiger partial charge in [0.05, 0.1) is 25.1 Å². The van der Waals surface area contributed by atoms with E-state index >= 15 is 0 Å². The molecule has 2 aliphatic heterocycles. The van der Waals surface area contributed by atoms with Gasteiger partial charge in [0.2, 0.25) is 0 Å². The van der Waals surface area contributed by atoms with E-state index in [4.69, 9.17) is 4.74 Å². The first-order valence-electron chi connectivity index (χ1n) is 7.30. The Morgan fingerprint density at radius 2 is 2.15 bits per heavy atom. The molecule has 20 heavy (non-hydrogen) atoms. The van der Waals surface area contributed by atoms with Gasteiger partial charge >= 0.3 is 0 Å². The van der Waals surface area contributed by atoms with Crippen LogP contribution in [-0.4, -0.2) is 54.0 Å². The highest BCUT2D eigenvalue weighted by atomic mass is 16.5. The highest BCUT2D eigenvalue weighted by Crippen LogP contribution is 2.21. The third kappa shape index (κ3) is 2.14. The molecule has 0 radical (unpaired) electrons. The summed E-state index contributed by atoms with van der Waals surface area (Å²) in [6, 6.07) is 4.19. The minimum Gasteiger partial charge on any atom is -0.378 e. The molecule has 2 aromatic rings. The summed E-state index contributed by atoms with van der Waals surface area (Å²) in [5, 5.41) is 8.02. The van der Waals surface area contributed by atoms with Crippen molar-refractivity contribution in [2.24, 2.45) is 0 Å². The monoisotopic (exact) mass is 273 g/mol. The van der Waals surface area contributed by atoms with Crippen LogP contribution in [0, 0.1) is 0 Å². The molecule has 106 valence electrons. The van der Waals surface area contributed by atoms with Crippen LogP contribution in [0.2, 0.25) is 0 Å². The van der Waals surface area contributed by atoms with Crippen LogP contribution in [0.5, 0.6) is 0 Å². The maximum absolute atomic E-state index is 5.40. The minimum atomic E-state index is 0.460. The fraction of sp³-hybridized carbons (Fsp3) is 0.571. The SMILES string of the molecule is c1cc2nc([C@@H]3CCNC3)nn2cc1N1CCOCC1. The van der Waals surface area contributed by atoms with Crippen molar-refractivity contribution >= 4 is 11.3 Å². The van der Waals surface area contributed by atoms with E-state index in [0.29, 0.717) is 5.92 Å². The number of hydrogen-bond acceptors (Lipinski definition) is 5. The lowest BCUT2D eigenvalue weighted by molar-refractivity contribution is 0.122. The van der Waals surface area contributed by atoms with Crippen molar-refractivity contribution in [2.75, 3.05) is 44.3 Å². The largest absolute Gasteiger partial charge is 0.378 e. The van der Waals surface area contributed by atoms with Gasteiger partial charge in [0, 0.05) is 25.6 Å². The first-order valence-corrected chi connectivity index (χ1v) is 7.30. The standard InChI is InChI=1S/C14H19N5O/c1-2-13-16-14(11-3-4-15-9-11)17-19(13)10-12(1)18-5-7-20-8-6-18/h1-2,10-11,15H,3-9H2/t11-/m1/s1. The summed E-state index contributed by atoms with van der Waals surface area (Å²) >= 11 is 0. The summed E-state index contributed by atoms with van der Waals surface area (Å²) in [6.45, 7) is 5.55. The fourth-order valence-corrected chi connectivity index (χ4v) is 2.95. The Balaban J connectivity index is 1.64. The predicted octanol–water partition coefficient (Wildman–Crippen LogP) is 0.643. The molecule has 4 rings (SSSR count). The molecule has 1 atom stereocenters. The first-order chi connectivity index (χ1) is 9.90. The van der Waals surface area contributed by atoms with E-state index in [-0.39, 0.29) is 0 Å². The Bertz CT molecular complexity index is 599. The van der Waals surface area contributed by atoms with Gasteiger partial charge in [0.15, 0.2) is 11.5 Å². The van der Waals surface area contributed by atoms with E-state index in [2.05, 4.69) is 38.6 Å². The average molecular weight is 273 g/mol. The van der Waals surface area contributed by atoms with Crippen molar-refractivity contribution in [3.8, 4) is 0 Å². The molecule has 0 aliphatic carbocycles. The molecule has 6 heteroatoms. The lowest BCUT2D eigenvalue weighted by Gasteiger charge is -2.28. The van der Waals surface area contributed by atoms with Crippen molar-refractivity contribution in [3.05, 3.63) is 24.2 Å². The van der Waals surface area contributed by atoms with Crippen LogP contribution in [0.15, 0.2) is 18.3 Å². The number of nitrogens with zero attached hydrogens (tertiary/aromatic N) is 4. The minimum absolute atomic E-state index is 0.460. The number of rotatable bonds is 2. The summed E-state index contributed by atoms with van der Waals surface area (Å²) in [4.78, 5) is 6.98. The van der Waals surface area contributed by atoms with E-state index < -0.39 is 0 Å². The van der Waals surface area contributed by atoms with Gasteiger partial charge in [-0.05, 0) is 25.1 Å². The van der Waals surface area contributed by atoms with Crippen molar-refractivity contribution in [2.45, 2.75) is 12.3 Å². The van der Waals surface area contributed by atoms with Crippen LogP contribution in [-0.2, 0) is 4.74 Å². The lowest BCUT2D eigenvalue weighted by atomic mass is 10.1. The molecule has 0 spiro atoms. The third-order valence-corrected chi connectivity index (χ3v) is 4.13. The Morgan fingerprint density at radius 1 is 1.25 bits per heavy atom. The molecule has 2 saturated heterocycles. The van der Waals surface area contributed by atoms with E-state index in [1.54, 1.807) is 0 Å². The quantitative estimate of drug-likeness (QED) is 0.870. The Hall–Kier alpha value is -1.66. The Labute approximate surface area is 117 Å². The average Bonchev–Trinajstić information content (AvgIpc) is 3.16. The smallest absolute Gasteiger partial charge is 0.156 e. The second-order valence-electron chi connectivity index (χ2n) is 5.45. The molecule has 4 heterocycles. The molecule has 0 unspecified atom stereocenters. The van der Waals surface area contributed by atoms with Gasteiger partial charge in [-0.2, -0.15) is 5.10 Å². The molecule has 1 N–H and O–H groups in total. The van der Waals surface area contributed by atoms with Gasteiger partial charge in [-0.15, -0.1) is 0 Å². The zero-order valence-electron chi connectivity index (χ0n) is 11.5. The molecule has 2 aromatic heterocycles. The van der Waals surface area contributed by atoms with Crippen LogP contribution in [0.25, 0.3) is 5.65 Å². The van der Waals surface area contributed by atoms with Gasteiger partial charge in [-0.3, -0.25) is 0 Å². The highest BCUT2D eigenvalue weighted by molar-refractivity contribution is 5.51. The van der Waals surface area contributed by atoms with Gasteiger partial charge in [0.1, 0.15) is 0 Å². The summed E-state index contributed by atoms with van der Waals surface area (Å²) in [5.41, 5.74) is 2.13.